The third-order valence-electron chi connectivity index (χ3n) is 3.09. The second-order valence-electron chi connectivity index (χ2n) is 4.62. The Hall–Kier alpha value is -1.20. The highest BCUT2D eigenvalue weighted by Crippen LogP contribution is 2.25. The molecular weight excluding hydrogens is 297 g/mol. The molecule has 0 aliphatic carbocycles. The van der Waals surface area contributed by atoms with Crippen LogP contribution in [0.5, 0.6) is 0 Å². The normalized spacial score (nSPS) is 11.8. The van der Waals surface area contributed by atoms with E-state index in [1.807, 2.05) is 17.8 Å². The molecule has 0 atom stereocenters. The Morgan fingerprint density at radius 1 is 1.39 bits per heavy atom. The third kappa shape index (κ3) is 2.33. The van der Waals surface area contributed by atoms with Gasteiger partial charge in [-0.25, -0.2) is 9.37 Å². The molecule has 96 valence electrons. The molecule has 0 aliphatic heterocycles. The van der Waals surface area contributed by atoms with Crippen molar-refractivity contribution in [3.05, 3.63) is 46.7 Å². The predicted octanol–water partition coefficient (Wildman–Crippen LogP) is 3.23. The molecule has 0 saturated carbocycles. The van der Waals surface area contributed by atoms with Crippen LogP contribution >= 0.6 is 15.9 Å². The Morgan fingerprint density at radius 3 is 2.72 bits per heavy atom. The monoisotopic (exact) mass is 311 g/mol. The summed E-state index contributed by atoms with van der Waals surface area (Å²) in [7, 11) is 1.90. The van der Waals surface area contributed by atoms with E-state index in [2.05, 4.69) is 40.1 Å². The molecule has 0 aliphatic rings. The van der Waals surface area contributed by atoms with Gasteiger partial charge in [0.15, 0.2) is 0 Å². The fraction of sp³-hybridized carbons (Fsp3) is 0.308. The number of halogens is 2. The lowest BCUT2D eigenvalue weighted by Crippen LogP contribution is -2.35. The lowest BCUT2D eigenvalue weighted by molar-refractivity contribution is 0.424. The number of imidazole rings is 1. The van der Waals surface area contributed by atoms with Crippen molar-refractivity contribution in [2.75, 3.05) is 7.05 Å². The van der Waals surface area contributed by atoms with Crippen LogP contribution < -0.4 is 5.32 Å². The molecule has 0 amide bonds. The van der Waals surface area contributed by atoms with Crippen LogP contribution in [0.25, 0.3) is 5.69 Å². The van der Waals surface area contributed by atoms with E-state index in [4.69, 9.17) is 0 Å². The molecule has 2 rings (SSSR count). The van der Waals surface area contributed by atoms with Crippen molar-refractivity contribution in [2.45, 2.75) is 19.4 Å². The Morgan fingerprint density at radius 2 is 2.11 bits per heavy atom. The van der Waals surface area contributed by atoms with Crippen LogP contribution in [-0.2, 0) is 5.54 Å². The number of nitrogens with zero attached hydrogens (tertiary/aromatic N) is 2. The Kier molecular flexibility index (Phi) is 3.54. The zero-order valence-corrected chi connectivity index (χ0v) is 12.1. The van der Waals surface area contributed by atoms with E-state index in [0.29, 0.717) is 4.47 Å². The highest BCUT2D eigenvalue weighted by molar-refractivity contribution is 9.10. The first kappa shape index (κ1) is 13.2. The van der Waals surface area contributed by atoms with Crippen molar-refractivity contribution in [3.63, 3.8) is 0 Å². The third-order valence-corrected chi connectivity index (χ3v) is 3.69. The van der Waals surface area contributed by atoms with E-state index >= 15 is 0 Å². The minimum absolute atomic E-state index is 0.211. The molecule has 0 fully saturated rings. The van der Waals surface area contributed by atoms with E-state index in [1.165, 1.54) is 6.07 Å². The highest BCUT2D eigenvalue weighted by atomic mass is 79.9. The smallest absolute Gasteiger partial charge is 0.137 e. The van der Waals surface area contributed by atoms with Crippen molar-refractivity contribution in [2.24, 2.45) is 0 Å². The number of benzene rings is 1. The summed E-state index contributed by atoms with van der Waals surface area (Å²) in [5, 5.41) is 3.23. The summed E-state index contributed by atoms with van der Waals surface area (Å²) in [5.74, 6) is -0.270. The molecular formula is C13H15BrFN3. The fourth-order valence-corrected chi connectivity index (χ4v) is 2.09. The summed E-state index contributed by atoms with van der Waals surface area (Å²) in [6.07, 6.45) is 3.54. The van der Waals surface area contributed by atoms with Gasteiger partial charge in [-0.1, -0.05) is 0 Å². The summed E-state index contributed by atoms with van der Waals surface area (Å²) in [6.45, 7) is 4.14. The van der Waals surface area contributed by atoms with Gasteiger partial charge in [-0.2, -0.15) is 0 Å². The van der Waals surface area contributed by atoms with Gasteiger partial charge in [-0.3, -0.25) is 0 Å². The molecule has 2 aromatic rings. The highest BCUT2D eigenvalue weighted by Gasteiger charge is 2.22. The molecule has 0 radical (unpaired) electrons. The van der Waals surface area contributed by atoms with E-state index in [1.54, 1.807) is 18.5 Å². The predicted molar refractivity (Wildman–Crippen MR) is 73.3 cm³/mol. The van der Waals surface area contributed by atoms with Gasteiger partial charge >= 0.3 is 0 Å². The first-order valence-corrected chi connectivity index (χ1v) is 6.42. The quantitative estimate of drug-likeness (QED) is 0.943. The molecule has 0 spiro atoms. The molecule has 1 aromatic heterocycles. The first-order chi connectivity index (χ1) is 8.45. The van der Waals surface area contributed by atoms with Crippen molar-refractivity contribution in [1.82, 2.24) is 14.9 Å². The van der Waals surface area contributed by atoms with E-state index in [9.17, 15) is 4.39 Å². The molecule has 5 heteroatoms. The molecule has 1 heterocycles. The second-order valence-corrected chi connectivity index (χ2v) is 5.48. The van der Waals surface area contributed by atoms with Crippen molar-refractivity contribution >= 4 is 15.9 Å². The second kappa shape index (κ2) is 4.82. The standard InChI is InChI=1S/C13H15BrFN3/c1-13(2,16-3)12-7-17-8-18(12)9-4-5-11(15)10(14)6-9/h4-8,16H,1-3H3. The van der Waals surface area contributed by atoms with E-state index in [0.717, 1.165) is 11.4 Å². The molecule has 1 N–H and O–H groups in total. The van der Waals surface area contributed by atoms with Crippen molar-refractivity contribution < 1.29 is 4.39 Å². The van der Waals surface area contributed by atoms with Gasteiger partial charge < -0.3 is 9.88 Å². The van der Waals surface area contributed by atoms with E-state index < -0.39 is 0 Å². The maximum absolute atomic E-state index is 13.3. The van der Waals surface area contributed by atoms with Crippen LogP contribution in [0.4, 0.5) is 4.39 Å². The summed E-state index contributed by atoms with van der Waals surface area (Å²) < 4.78 is 15.6. The SMILES string of the molecule is CNC(C)(C)c1cncn1-c1ccc(F)c(Br)c1. The summed E-state index contributed by atoms with van der Waals surface area (Å²) in [6, 6.07) is 4.92. The lowest BCUT2D eigenvalue weighted by atomic mass is 10.0. The number of hydrogen-bond acceptors (Lipinski definition) is 2. The van der Waals surface area contributed by atoms with Gasteiger partial charge in [0.2, 0.25) is 0 Å². The topological polar surface area (TPSA) is 29.9 Å². The average molecular weight is 312 g/mol. The van der Waals surface area contributed by atoms with Crippen LogP contribution in [0.3, 0.4) is 0 Å². The van der Waals surface area contributed by atoms with Gasteiger partial charge in [0.25, 0.3) is 0 Å². The Bertz CT molecular complexity index is 563. The summed E-state index contributed by atoms with van der Waals surface area (Å²) in [4.78, 5) is 4.18. The molecule has 0 saturated heterocycles. The maximum atomic E-state index is 13.3. The fourth-order valence-electron chi connectivity index (χ4n) is 1.73. The van der Waals surface area contributed by atoms with Gasteiger partial charge in [0.1, 0.15) is 5.82 Å². The van der Waals surface area contributed by atoms with Crippen LogP contribution in [-0.4, -0.2) is 16.6 Å². The molecule has 0 bridgehead atoms. The zero-order chi connectivity index (χ0) is 13.3. The number of nitrogens with one attached hydrogen (secondary N) is 1. The van der Waals surface area contributed by atoms with Gasteiger partial charge in [-0.15, -0.1) is 0 Å². The van der Waals surface area contributed by atoms with Crippen LogP contribution in [0.1, 0.15) is 19.5 Å². The van der Waals surface area contributed by atoms with Gasteiger partial charge in [0, 0.05) is 5.69 Å². The van der Waals surface area contributed by atoms with Gasteiger partial charge in [-0.05, 0) is 55.0 Å². The summed E-state index contributed by atoms with van der Waals surface area (Å²) in [5.41, 5.74) is 1.68. The minimum Gasteiger partial charge on any atom is -0.310 e. The van der Waals surface area contributed by atoms with E-state index in [-0.39, 0.29) is 11.4 Å². The van der Waals surface area contributed by atoms with Crippen LogP contribution in [0.2, 0.25) is 0 Å². The van der Waals surface area contributed by atoms with Crippen molar-refractivity contribution in [3.8, 4) is 5.69 Å². The zero-order valence-electron chi connectivity index (χ0n) is 10.5. The maximum Gasteiger partial charge on any atom is 0.137 e. The van der Waals surface area contributed by atoms with Crippen molar-refractivity contribution in [1.29, 1.82) is 0 Å². The average Bonchev–Trinajstić information content (AvgIpc) is 2.82. The number of aromatic nitrogens is 2. The molecule has 3 nitrogen and oxygen atoms in total. The lowest BCUT2D eigenvalue weighted by Gasteiger charge is -2.25. The number of rotatable bonds is 3. The molecule has 0 unspecified atom stereocenters. The van der Waals surface area contributed by atoms with Crippen LogP contribution in [0.15, 0.2) is 35.2 Å². The van der Waals surface area contributed by atoms with Crippen LogP contribution in [0, 0.1) is 5.82 Å². The minimum atomic E-state index is -0.270. The Labute approximate surface area is 114 Å². The summed E-state index contributed by atoms with van der Waals surface area (Å²) >= 11 is 3.20. The Balaban J connectivity index is 2.52. The largest absolute Gasteiger partial charge is 0.310 e. The molecule has 18 heavy (non-hydrogen) atoms. The first-order valence-electron chi connectivity index (χ1n) is 5.63. The molecule has 1 aromatic carbocycles. The van der Waals surface area contributed by atoms with Gasteiger partial charge in [0.05, 0.1) is 28.2 Å². The number of hydrogen-bond donors (Lipinski definition) is 1.